The standard InChI is InChI=1S/C20H27N3O4/c1-2-21-19(26)18-14(11-24)13-10-22-15(8-5-9-16(22)25)17(13)23(18)20(27)12-6-3-4-7-12/h5,8-9,12-14,17-18,24H,2-4,6-7,10-11H2,1H3,(H,21,26)/t13-,14-,17+,18-/m0/s1. The monoisotopic (exact) mass is 373 g/mol. The van der Waals surface area contributed by atoms with E-state index in [4.69, 9.17) is 0 Å². The fourth-order valence-corrected chi connectivity index (χ4v) is 5.34. The minimum atomic E-state index is -0.679. The van der Waals surface area contributed by atoms with Gasteiger partial charge in [0.1, 0.15) is 6.04 Å². The second-order valence-electron chi connectivity index (χ2n) is 7.92. The van der Waals surface area contributed by atoms with E-state index in [1.807, 2.05) is 13.0 Å². The third-order valence-corrected chi connectivity index (χ3v) is 6.53. The zero-order chi connectivity index (χ0) is 19.1. The van der Waals surface area contributed by atoms with Crippen molar-refractivity contribution in [3.63, 3.8) is 0 Å². The fourth-order valence-electron chi connectivity index (χ4n) is 5.34. The van der Waals surface area contributed by atoms with Crippen LogP contribution in [-0.4, -0.2) is 45.6 Å². The van der Waals surface area contributed by atoms with Gasteiger partial charge in [0.05, 0.1) is 6.04 Å². The summed E-state index contributed by atoms with van der Waals surface area (Å²) >= 11 is 0. The molecule has 4 rings (SSSR count). The number of hydrogen-bond donors (Lipinski definition) is 2. The Morgan fingerprint density at radius 1 is 1.26 bits per heavy atom. The number of nitrogens with one attached hydrogen (secondary N) is 1. The molecule has 3 aliphatic rings. The van der Waals surface area contributed by atoms with Gasteiger partial charge in [-0.3, -0.25) is 14.4 Å². The number of carbonyl (C=O) groups is 2. The second kappa shape index (κ2) is 7.11. The van der Waals surface area contributed by atoms with Gasteiger partial charge in [-0.25, -0.2) is 0 Å². The Labute approximate surface area is 158 Å². The molecule has 146 valence electrons. The fraction of sp³-hybridized carbons (Fsp3) is 0.650. The van der Waals surface area contributed by atoms with Crippen LogP contribution < -0.4 is 10.9 Å². The molecule has 1 aliphatic carbocycles. The largest absolute Gasteiger partial charge is 0.396 e. The minimum absolute atomic E-state index is 0.000505. The molecule has 3 heterocycles. The molecule has 2 fully saturated rings. The molecule has 1 saturated carbocycles. The summed E-state index contributed by atoms with van der Waals surface area (Å²) in [5.74, 6) is -0.764. The Hall–Kier alpha value is -2.15. The van der Waals surface area contributed by atoms with Crippen LogP contribution in [0.2, 0.25) is 0 Å². The summed E-state index contributed by atoms with van der Waals surface area (Å²) in [7, 11) is 0. The van der Waals surface area contributed by atoms with Crippen molar-refractivity contribution in [1.82, 2.24) is 14.8 Å². The highest BCUT2D eigenvalue weighted by molar-refractivity contribution is 5.90. The maximum atomic E-state index is 13.4. The van der Waals surface area contributed by atoms with Crippen LogP contribution in [0, 0.1) is 17.8 Å². The van der Waals surface area contributed by atoms with Gasteiger partial charge in [-0.05, 0) is 25.8 Å². The lowest BCUT2D eigenvalue weighted by molar-refractivity contribution is -0.144. The zero-order valence-electron chi connectivity index (χ0n) is 15.6. The molecule has 4 atom stereocenters. The average Bonchev–Trinajstić information content (AvgIpc) is 3.36. The van der Waals surface area contributed by atoms with Crippen molar-refractivity contribution in [2.24, 2.45) is 17.8 Å². The molecule has 7 heteroatoms. The van der Waals surface area contributed by atoms with Gasteiger partial charge in [0.2, 0.25) is 11.8 Å². The highest BCUT2D eigenvalue weighted by Gasteiger charge is 2.57. The number of likely N-dealkylation sites (tertiary alicyclic amines) is 1. The molecule has 2 N–H and O–H groups in total. The lowest BCUT2D eigenvalue weighted by atomic mass is 9.88. The van der Waals surface area contributed by atoms with Crippen LogP contribution in [0.3, 0.4) is 0 Å². The number of nitrogens with zero attached hydrogens (tertiary/aromatic N) is 2. The Morgan fingerprint density at radius 3 is 2.67 bits per heavy atom. The number of aliphatic hydroxyl groups excluding tert-OH is 1. The lowest BCUT2D eigenvalue weighted by Crippen LogP contribution is -2.51. The number of carbonyl (C=O) groups excluding carboxylic acids is 2. The third-order valence-electron chi connectivity index (χ3n) is 6.53. The Kier molecular flexibility index (Phi) is 4.80. The number of hydrogen-bond acceptors (Lipinski definition) is 4. The molecule has 1 aromatic heterocycles. The summed E-state index contributed by atoms with van der Waals surface area (Å²) in [6.07, 6.45) is 3.76. The molecular weight excluding hydrogens is 346 g/mol. The van der Waals surface area contributed by atoms with Gasteiger partial charge >= 0.3 is 0 Å². The zero-order valence-corrected chi connectivity index (χ0v) is 15.6. The third kappa shape index (κ3) is 2.79. The number of pyridine rings is 1. The Morgan fingerprint density at radius 2 is 2.00 bits per heavy atom. The molecule has 0 unspecified atom stereocenters. The van der Waals surface area contributed by atoms with E-state index in [-0.39, 0.29) is 47.8 Å². The second-order valence-corrected chi connectivity index (χ2v) is 7.92. The molecule has 7 nitrogen and oxygen atoms in total. The van der Waals surface area contributed by atoms with Crippen LogP contribution in [-0.2, 0) is 16.1 Å². The van der Waals surface area contributed by atoms with Crippen molar-refractivity contribution >= 4 is 11.8 Å². The van der Waals surface area contributed by atoms with E-state index < -0.39 is 6.04 Å². The van der Waals surface area contributed by atoms with Crippen molar-refractivity contribution in [2.75, 3.05) is 13.2 Å². The van der Waals surface area contributed by atoms with Crippen LogP contribution in [0.25, 0.3) is 0 Å². The quantitative estimate of drug-likeness (QED) is 0.811. The average molecular weight is 373 g/mol. The van der Waals surface area contributed by atoms with Gasteiger partial charge in [-0.15, -0.1) is 0 Å². The molecule has 0 radical (unpaired) electrons. The van der Waals surface area contributed by atoms with Crippen LogP contribution in [0.1, 0.15) is 44.3 Å². The van der Waals surface area contributed by atoms with Crippen LogP contribution in [0.15, 0.2) is 23.0 Å². The summed E-state index contributed by atoms with van der Waals surface area (Å²) < 4.78 is 1.70. The van der Waals surface area contributed by atoms with Crippen molar-refractivity contribution in [3.8, 4) is 0 Å². The predicted octanol–water partition coefficient (Wildman–Crippen LogP) is 0.665. The molecular formula is C20H27N3O4. The SMILES string of the molecule is CCNC(=O)[C@@H]1[C@@H](CO)[C@@H]2Cn3c(cccc3=O)[C@@H]2N1C(=O)C1CCCC1. The molecule has 0 bridgehead atoms. The maximum Gasteiger partial charge on any atom is 0.250 e. The number of aromatic nitrogens is 1. The number of fused-ring (bicyclic) bond motifs is 3. The van der Waals surface area contributed by atoms with E-state index in [0.717, 1.165) is 31.4 Å². The van der Waals surface area contributed by atoms with E-state index >= 15 is 0 Å². The van der Waals surface area contributed by atoms with Gasteiger partial charge in [-0.1, -0.05) is 18.9 Å². The maximum absolute atomic E-state index is 13.4. The highest BCUT2D eigenvalue weighted by Crippen LogP contribution is 2.50. The summed E-state index contributed by atoms with van der Waals surface area (Å²) in [5, 5.41) is 12.9. The molecule has 0 aromatic carbocycles. The molecule has 2 amide bonds. The van der Waals surface area contributed by atoms with Crippen LogP contribution in [0.5, 0.6) is 0 Å². The summed E-state index contributed by atoms with van der Waals surface area (Å²) in [5.41, 5.74) is 0.686. The number of amides is 2. The minimum Gasteiger partial charge on any atom is -0.396 e. The first-order chi connectivity index (χ1) is 13.1. The Bertz CT molecular complexity index is 799. The first kappa shape index (κ1) is 18.2. The summed E-state index contributed by atoms with van der Waals surface area (Å²) in [4.78, 5) is 40.3. The van der Waals surface area contributed by atoms with Crippen molar-refractivity contribution in [1.29, 1.82) is 0 Å². The van der Waals surface area contributed by atoms with Gasteiger partial charge in [0, 0.05) is 49.2 Å². The number of rotatable bonds is 4. The van der Waals surface area contributed by atoms with Crippen molar-refractivity contribution in [3.05, 3.63) is 34.2 Å². The van der Waals surface area contributed by atoms with E-state index in [1.165, 1.54) is 6.07 Å². The molecule has 27 heavy (non-hydrogen) atoms. The van der Waals surface area contributed by atoms with Gasteiger partial charge in [-0.2, -0.15) is 0 Å². The van der Waals surface area contributed by atoms with Gasteiger partial charge in [0.25, 0.3) is 5.56 Å². The highest BCUT2D eigenvalue weighted by atomic mass is 16.3. The van der Waals surface area contributed by atoms with E-state index in [9.17, 15) is 19.5 Å². The normalized spacial score (nSPS) is 29.6. The first-order valence-electron chi connectivity index (χ1n) is 9.99. The Balaban J connectivity index is 1.79. The molecule has 0 spiro atoms. The molecule has 1 aromatic rings. The van der Waals surface area contributed by atoms with E-state index in [2.05, 4.69) is 5.32 Å². The topological polar surface area (TPSA) is 91.6 Å². The van der Waals surface area contributed by atoms with E-state index in [1.54, 1.807) is 15.5 Å². The van der Waals surface area contributed by atoms with Crippen molar-refractivity contribution < 1.29 is 14.7 Å². The lowest BCUT2D eigenvalue weighted by Gasteiger charge is -2.32. The first-order valence-corrected chi connectivity index (χ1v) is 9.99. The van der Waals surface area contributed by atoms with Gasteiger partial charge in [0.15, 0.2) is 0 Å². The molecule has 1 saturated heterocycles. The van der Waals surface area contributed by atoms with Crippen LogP contribution in [0.4, 0.5) is 0 Å². The molecule has 2 aliphatic heterocycles. The predicted molar refractivity (Wildman–Crippen MR) is 98.8 cm³/mol. The number of likely N-dealkylation sites (N-methyl/N-ethyl adjacent to an activating group) is 1. The van der Waals surface area contributed by atoms with E-state index in [0.29, 0.717) is 13.1 Å². The smallest absolute Gasteiger partial charge is 0.250 e. The van der Waals surface area contributed by atoms with Crippen LogP contribution >= 0.6 is 0 Å². The summed E-state index contributed by atoms with van der Waals surface area (Å²) in [6.45, 7) is 2.58. The number of aliphatic hydroxyl groups is 1. The van der Waals surface area contributed by atoms with Crippen molar-refractivity contribution in [2.45, 2.75) is 51.2 Å². The summed E-state index contributed by atoms with van der Waals surface area (Å²) in [6, 6.07) is 4.10. The van der Waals surface area contributed by atoms with Gasteiger partial charge < -0.3 is 19.9 Å².